The predicted molar refractivity (Wildman–Crippen MR) is 49.8 cm³/mol. The molecule has 13 heavy (non-hydrogen) atoms. The lowest BCUT2D eigenvalue weighted by molar-refractivity contribution is 0.591. The molecule has 0 fully saturated rings. The summed E-state index contributed by atoms with van der Waals surface area (Å²) < 4.78 is 21.2. The van der Waals surface area contributed by atoms with Crippen molar-refractivity contribution in [2.24, 2.45) is 5.10 Å². The molecule has 6 heteroatoms. The number of hydrogen-bond acceptors (Lipinski definition) is 4. The molecule has 0 spiro atoms. The van der Waals surface area contributed by atoms with Gasteiger partial charge in [0.05, 0.1) is 18.2 Å². The van der Waals surface area contributed by atoms with Crippen LogP contribution in [-0.2, 0) is 10.0 Å². The Morgan fingerprint density at radius 3 is 2.85 bits per heavy atom. The van der Waals surface area contributed by atoms with Gasteiger partial charge in [-0.25, -0.2) is 13.2 Å². The van der Waals surface area contributed by atoms with Crippen LogP contribution < -0.4 is 4.83 Å². The van der Waals surface area contributed by atoms with E-state index >= 15 is 0 Å². The molecule has 0 atom stereocenters. The van der Waals surface area contributed by atoms with Crippen molar-refractivity contribution in [3.63, 3.8) is 0 Å². The van der Waals surface area contributed by atoms with Crippen LogP contribution in [-0.4, -0.2) is 25.9 Å². The lowest BCUT2D eigenvalue weighted by Crippen LogP contribution is -2.15. The second-order valence-electron chi connectivity index (χ2n) is 2.38. The van der Waals surface area contributed by atoms with E-state index in [1.165, 1.54) is 6.21 Å². The molecule has 0 amide bonds. The third-order valence-electron chi connectivity index (χ3n) is 1.10. The molecular formula is C7H9N3O2S. The van der Waals surface area contributed by atoms with Crippen LogP contribution in [0.4, 0.5) is 0 Å². The van der Waals surface area contributed by atoms with Gasteiger partial charge in [-0.2, -0.15) is 5.10 Å². The van der Waals surface area contributed by atoms with E-state index < -0.39 is 10.0 Å². The minimum atomic E-state index is -3.27. The Bertz CT molecular complexity index is 385. The largest absolute Gasteiger partial charge is 0.255 e. The molecule has 1 N–H and O–H groups in total. The number of nitrogens with zero attached hydrogens (tertiary/aromatic N) is 2. The minimum Gasteiger partial charge on any atom is -0.255 e. The average Bonchev–Trinajstić information content (AvgIpc) is 2.04. The number of hydrazone groups is 1. The van der Waals surface area contributed by atoms with E-state index in [2.05, 4.69) is 10.1 Å². The average molecular weight is 199 g/mol. The summed E-state index contributed by atoms with van der Waals surface area (Å²) in [6, 6.07) is 5.27. The first-order chi connectivity index (χ1) is 6.08. The highest BCUT2D eigenvalue weighted by molar-refractivity contribution is 7.88. The van der Waals surface area contributed by atoms with Crippen molar-refractivity contribution in [1.29, 1.82) is 0 Å². The lowest BCUT2D eigenvalue weighted by atomic mass is 10.4. The Labute approximate surface area is 76.6 Å². The maximum absolute atomic E-state index is 10.6. The van der Waals surface area contributed by atoms with Crippen LogP contribution in [0.3, 0.4) is 0 Å². The van der Waals surface area contributed by atoms with E-state index in [4.69, 9.17) is 0 Å². The number of aromatic nitrogens is 1. The van der Waals surface area contributed by atoms with Crippen LogP contribution in [0.1, 0.15) is 5.69 Å². The molecule has 0 bridgehead atoms. The molecule has 1 heterocycles. The third-order valence-corrected chi connectivity index (χ3v) is 1.54. The van der Waals surface area contributed by atoms with Gasteiger partial charge in [0.2, 0.25) is 10.0 Å². The van der Waals surface area contributed by atoms with E-state index in [9.17, 15) is 8.42 Å². The van der Waals surface area contributed by atoms with Crippen molar-refractivity contribution in [3.05, 3.63) is 30.1 Å². The summed E-state index contributed by atoms with van der Waals surface area (Å²) >= 11 is 0. The zero-order valence-electron chi connectivity index (χ0n) is 7.01. The molecule has 0 aliphatic rings. The van der Waals surface area contributed by atoms with E-state index in [1.54, 1.807) is 24.4 Å². The topological polar surface area (TPSA) is 71.4 Å². The van der Waals surface area contributed by atoms with Crippen molar-refractivity contribution >= 4 is 16.2 Å². The molecule has 0 aromatic carbocycles. The van der Waals surface area contributed by atoms with Crippen LogP contribution in [0.15, 0.2) is 29.5 Å². The highest BCUT2D eigenvalue weighted by Gasteiger charge is 1.94. The lowest BCUT2D eigenvalue weighted by Gasteiger charge is -1.93. The molecule has 0 aliphatic heterocycles. The van der Waals surface area contributed by atoms with Gasteiger partial charge in [0.15, 0.2) is 0 Å². The molecular weight excluding hydrogens is 190 g/mol. The van der Waals surface area contributed by atoms with E-state index in [-0.39, 0.29) is 0 Å². The van der Waals surface area contributed by atoms with E-state index in [1.807, 2.05) is 4.83 Å². The Hall–Kier alpha value is -1.43. The summed E-state index contributed by atoms with van der Waals surface area (Å²) in [5.74, 6) is 0. The van der Waals surface area contributed by atoms with Crippen LogP contribution in [0.25, 0.3) is 0 Å². The monoisotopic (exact) mass is 199 g/mol. The van der Waals surface area contributed by atoms with E-state index in [0.717, 1.165) is 6.26 Å². The molecule has 1 aromatic rings. The quantitative estimate of drug-likeness (QED) is 0.548. The maximum atomic E-state index is 10.6. The fourth-order valence-electron chi connectivity index (χ4n) is 0.641. The summed E-state index contributed by atoms with van der Waals surface area (Å²) in [6.07, 6.45) is 3.96. The number of sulfonamides is 1. The first kappa shape index (κ1) is 9.66. The number of nitrogens with one attached hydrogen (secondary N) is 1. The number of pyridine rings is 1. The van der Waals surface area contributed by atoms with Gasteiger partial charge in [-0.3, -0.25) is 4.98 Å². The highest BCUT2D eigenvalue weighted by atomic mass is 32.2. The third kappa shape index (κ3) is 4.22. The van der Waals surface area contributed by atoms with Gasteiger partial charge in [0, 0.05) is 6.20 Å². The van der Waals surface area contributed by atoms with E-state index in [0.29, 0.717) is 5.69 Å². The molecule has 0 saturated carbocycles. The van der Waals surface area contributed by atoms with Crippen molar-refractivity contribution in [2.45, 2.75) is 0 Å². The van der Waals surface area contributed by atoms with Crippen LogP contribution >= 0.6 is 0 Å². The fraction of sp³-hybridized carbons (Fsp3) is 0.143. The van der Waals surface area contributed by atoms with Gasteiger partial charge in [0.25, 0.3) is 0 Å². The molecule has 70 valence electrons. The summed E-state index contributed by atoms with van der Waals surface area (Å²) in [7, 11) is -3.27. The first-order valence-electron chi connectivity index (χ1n) is 3.49. The molecule has 1 aromatic heterocycles. The molecule has 0 aliphatic carbocycles. The minimum absolute atomic E-state index is 0.596. The zero-order valence-corrected chi connectivity index (χ0v) is 7.82. The summed E-state index contributed by atoms with van der Waals surface area (Å²) in [5, 5.41) is 3.49. The summed E-state index contributed by atoms with van der Waals surface area (Å²) in [5.41, 5.74) is 0.596. The fourth-order valence-corrected chi connectivity index (χ4v) is 0.885. The van der Waals surface area contributed by atoms with Gasteiger partial charge in [-0.05, 0) is 12.1 Å². The van der Waals surface area contributed by atoms with Crippen LogP contribution in [0.2, 0.25) is 0 Å². The zero-order chi connectivity index (χ0) is 9.73. The van der Waals surface area contributed by atoms with Gasteiger partial charge in [-0.15, -0.1) is 0 Å². The number of rotatable bonds is 3. The van der Waals surface area contributed by atoms with Gasteiger partial charge in [0.1, 0.15) is 0 Å². The van der Waals surface area contributed by atoms with Gasteiger partial charge in [-0.1, -0.05) is 6.07 Å². The molecule has 0 unspecified atom stereocenters. The van der Waals surface area contributed by atoms with Crippen LogP contribution in [0, 0.1) is 0 Å². The summed E-state index contributed by atoms with van der Waals surface area (Å²) in [6.45, 7) is 0. The SMILES string of the molecule is CS(=O)(=O)N/N=C\c1ccccn1. The Kier molecular flexibility index (Phi) is 2.97. The Morgan fingerprint density at radius 1 is 1.54 bits per heavy atom. The van der Waals surface area contributed by atoms with Crippen molar-refractivity contribution in [1.82, 2.24) is 9.82 Å². The normalized spacial score (nSPS) is 11.8. The second kappa shape index (κ2) is 3.99. The van der Waals surface area contributed by atoms with Crippen molar-refractivity contribution in [3.8, 4) is 0 Å². The highest BCUT2D eigenvalue weighted by Crippen LogP contribution is 1.87. The first-order valence-corrected chi connectivity index (χ1v) is 5.38. The standard InChI is InChI=1S/C7H9N3O2S/c1-13(11,12)10-9-6-7-4-2-3-5-8-7/h2-6,10H,1H3/b9-6-. The predicted octanol–water partition coefficient (Wildman–Crippen LogP) is -0.0353. The summed E-state index contributed by atoms with van der Waals surface area (Å²) in [4.78, 5) is 5.89. The van der Waals surface area contributed by atoms with Crippen LogP contribution in [0.5, 0.6) is 0 Å². The molecule has 0 radical (unpaired) electrons. The number of hydrogen-bond donors (Lipinski definition) is 1. The maximum Gasteiger partial charge on any atom is 0.244 e. The molecule has 1 rings (SSSR count). The smallest absolute Gasteiger partial charge is 0.244 e. The van der Waals surface area contributed by atoms with Gasteiger partial charge >= 0.3 is 0 Å². The van der Waals surface area contributed by atoms with Gasteiger partial charge < -0.3 is 0 Å². The molecule has 5 nitrogen and oxygen atoms in total. The Balaban J connectivity index is 2.61. The van der Waals surface area contributed by atoms with Crippen molar-refractivity contribution in [2.75, 3.05) is 6.26 Å². The van der Waals surface area contributed by atoms with Crippen molar-refractivity contribution < 1.29 is 8.42 Å². The second-order valence-corrected chi connectivity index (χ2v) is 4.10. The Morgan fingerprint density at radius 2 is 2.31 bits per heavy atom. The molecule has 0 saturated heterocycles.